The van der Waals surface area contributed by atoms with E-state index >= 15 is 0 Å². The number of benzene rings is 1. The Morgan fingerprint density at radius 2 is 1.82 bits per heavy atom. The van der Waals surface area contributed by atoms with E-state index in [9.17, 15) is 0 Å². The molecule has 1 aromatic heterocycles. The van der Waals surface area contributed by atoms with Gasteiger partial charge in [0.15, 0.2) is 11.5 Å². The van der Waals surface area contributed by atoms with Gasteiger partial charge in [-0.2, -0.15) is 11.3 Å². The van der Waals surface area contributed by atoms with Crippen LogP contribution in [0.3, 0.4) is 0 Å². The van der Waals surface area contributed by atoms with E-state index in [0.29, 0.717) is 0 Å². The summed E-state index contributed by atoms with van der Waals surface area (Å²) >= 11 is 5.39. The normalized spacial score (nSPS) is 12.2. The number of methoxy groups -OCH3 is 2. The van der Waals surface area contributed by atoms with Crippen LogP contribution in [0.1, 0.15) is 16.0 Å². The Bertz CT molecular complexity index is 482. The van der Waals surface area contributed by atoms with Crippen LogP contribution in [0.2, 0.25) is 0 Å². The molecule has 2 rings (SSSR count). The molecule has 0 bridgehead atoms. The van der Waals surface area contributed by atoms with Crippen molar-refractivity contribution in [3.8, 4) is 11.5 Å². The molecular weight excluding hydrogens is 300 g/mol. The summed E-state index contributed by atoms with van der Waals surface area (Å²) in [5.41, 5.74) is 2.41. The van der Waals surface area contributed by atoms with Gasteiger partial charge in [0, 0.05) is 0 Å². The molecule has 0 aliphatic carbocycles. The summed E-state index contributed by atoms with van der Waals surface area (Å²) in [7, 11) is 3.29. The van der Waals surface area contributed by atoms with Crippen molar-refractivity contribution in [1.29, 1.82) is 0 Å². The van der Waals surface area contributed by atoms with Crippen LogP contribution >= 0.6 is 27.3 Å². The largest absolute Gasteiger partial charge is 0.493 e. The summed E-state index contributed by atoms with van der Waals surface area (Å²) in [5, 5.41) is 4.21. The van der Waals surface area contributed by atoms with Crippen molar-refractivity contribution < 1.29 is 9.47 Å². The van der Waals surface area contributed by atoms with E-state index in [-0.39, 0.29) is 4.83 Å². The second-order valence-electron chi connectivity index (χ2n) is 3.53. The third-order valence-corrected chi connectivity index (χ3v) is 4.29. The van der Waals surface area contributed by atoms with Gasteiger partial charge in [0.1, 0.15) is 0 Å². The van der Waals surface area contributed by atoms with Gasteiger partial charge in [0.2, 0.25) is 0 Å². The number of ether oxygens (including phenoxy) is 2. The molecule has 2 aromatic rings. The molecule has 1 heterocycles. The van der Waals surface area contributed by atoms with Gasteiger partial charge in [0.25, 0.3) is 0 Å². The van der Waals surface area contributed by atoms with Crippen molar-refractivity contribution in [1.82, 2.24) is 0 Å². The summed E-state index contributed by atoms with van der Waals surface area (Å²) in [5.74, 6) is 1.51. The van der Waals surface area contributed by atoms with E-state index in [1.165, 1.54) is 5.56 Å². The topological polar surface area (TPSA) is 18.5 Å². The molecule has 0 saturated carbocycles. The zero-order valence-corrected chi connectivity index (χ0v) is 12.0. The molecule has 1 unspecified atom stereocenters. The molecule has 17 heavy (non-hydrogen) atoms. The van der Waals surface area contributed by atoms with E-state index in [2.05, 4.69) is 32.8 Å². The molecule has 0 spiro atoms. The standard InChI is InChI=1S/C13H13BrO2S/c1-15-11-4-3-9(7-12(11)16-2)13(14)10-5-6-17-8-10/h3-8,13H,1-2H3. The van der Waals surface area contributed by atoms with Crippen molar-refractivity contribution >= 4 is 27.3 Å². The van der Waals surface area contributed by atoms with Crippen LogP contribution in [0, 0.1) is 0 Å². The third kappa shape index (κ3) is 2.64. The fraction of sp³-hybridized carbons (Fsp3) is 0.231. The van der Waals surface area contributed by atoms with Crippen molar-refractivity contribution in [2.24, 2.45) is 0 Å². The molecule has 90 valence electrons. The minimum atomic E-state index is 0.188. The molecule has 0 amide bonds. The fourth-order valence-corrected chi connectivity index (χ4v) is 3.05. The minimum absolute atomic E-state index is 0.188. The van der Waals surface area contributed by atoms with Crippen LogP contribution < -0.4 is 9.47 Å². The van der Waals surface area contributed by atoms with Gasteiger partial charge in [-0.1, -0.05) is 22.0 Å². The quantitative estimate of drug-likeness (QED) is 0.786. The highest BCUT2D eigenvalue weighted by atomic mass is 79.9. The highest BCUT2D eigenvalue weighted by molar-refractivity contribution is 9.09. The Morgan fingerprint density at radius 3 is 2.41 bits per heavy atom. The van der Waals surface area contributed by atoms with Crippen LogP contribution in [-0.2, 0) is 0 Å². The Hall–Kier alpha value is -1.00. The molecule has 0 radical (unpaired) electrons. The lowest BCUT2D eigenvalue weighted by atomic mass is 10.1. The lowest BCUT2D eigenvalue weighted by molar-refractivity contribution is 0.354. The van der Waals surface area contributed by atoms with Crippen LogP contribution in [-0.4, -0.2) is 14.2 Å². The summed E-state index contributed by atoms with van der Waals surface area (Å²) < 4.78 is 10.5. The van der Waals surface area contributed by atoms with E-state index in [1.807, 2.05) is 18.2 Å². The van der Waals surface area contributed by atoms with E-state index < -0.39 is 0 Å². The number of alkyl halides is 1. The number of hydrogen-bond donors (Lipinski definition) is 0. The summed E-state index contributed by atoms with van der Waals surface area (Å²) in [6.45, 7) is 0. The van der Waals surface area contributed by atoms with E-state index in [0.717, 1.165) is 17.1 Å². The molecule has 0 fully saturated rings. The summed E-state index contributed by atoms with van der Waals surface area (Å²) in [6.07, 6.45) is 0. The Morgan fingerprint density at radius 1 is 1.06 bits per heavy atom. The number of hydrogen-bond acceptors (Lipinski definition) is 3. The first-order chi connectivity index (χ1) is 8.26. The van der Waals surface area contributed by atoms with Crippen LogP contribution in [0.25, 0.3) is 0 Å². The second kappa shape index (κ2) is 5.56. The Labute approximate surface area is 113 Å². The number of thiophene rings is 1. The molecule has 2 nitrogen and oxygen atoms in total. The van der Waals surface area contributed by atoms with Gasteiger partial charge >= 0.3 is 0 Å². The molecule has 4 heteroatoms. The Kier molecular flexibility index (Phi) is 4.07. The van der Waals surface area contributed by atoms with Crippen molar-refractivity contribution in [3.05, 3.63) is 46.2 Å². The maximum atomic E-state index is 5.30. The smallest absolute Gasteiger partial charge is 0.161 e. The zero-order chi connectivity index (χ0) is 12.3. The average molecular weight is 313 g/mol. The average Bonchev–Trinajstić information content (AvgIpc) is 2.90. The van der Waals surface area contributed by atoms with Gasteiger partial charge in [0.05, 0.1) is 19.0 Å². The maximum Gasteiger partial charge on any atom is 0.161 e. The van der Waals surface area contributed by atoms with Gasteiger partial charge in [-0.25, -0.2) is 0 Å². The van der Waals surface area contributed by atoms with E-state index in [4.69, 9.17) is 9.47 Å². The first kappa shape index (κ1) is 12.5. The second-order valence-corrected chi connectivity index (χ2v) is 5.23. The number of halogens is 1. The van der Waals surface area contributed by atoms with Gasteiger partial charge < -0.3 is 9.47 Å². The predicted octanol–water partition coefficient (Wildman–Crippen LogP) is 4.25. The molecule has 1 atom stereocenters. The first-order valence-electron chi connectivity index (χ1n) is 5.14. The molecule has 1 aromatic carbocycles. The minimum Gasteiger partial charge on any atom is -0.493 e. The van der Waals surface area contributed by atoms with Crippen LogP contribution in [0.5, 0.6) is 11.5 Å². The van der Waals surface area contributed by atoms with Crippen LogP contribution in [0.15, 0.2) is 35.0 Å². The Balaban J connectivity index is 2.33. The van der Waals surface area contributed by atoms with Crippen molar-refractivity contribution in [3.63, 3.8) is 0 Å². The predicted molar refractivity (Wildman–Crippen MR) is 74.6 cm³/mol. The number of rotatable bonds is 4. The zero-order valence-electron chi connectivity index (χ0n) is 9.64. The molecular formula is C13H13BrO2S. The lowest BCUT2D eigenvalue weighted by Gasteiger charge is -2.12. The van der Waals surface area contributed by atoms with Gasteiger partial charge in [-0.05, 0) is 40.1 Å². The first-order valence-corrected chi connectivity index (χ1v) is 7.00. The van der Waals surface area contributed by atoms with Gasteiger partial charge in [-0.3, -0.25) is 0 Å². The fourth-order valence-electron chi connectivity index (χ4n) is 1.62. The molecule has 0 N–H and O–H groups in total. The van der Waals surface area contributed by atoms with Crippen molar-refractivity contribution in [2.45, 2.75) is 4.83 Å². The summed E-state index contributed by atoms with van der Waals surface area (Å²) in [4.78, 5) is 0.188. The van der Waals surface area contributed by atoms with Crippen molar-refractivity contribution in [2.75, 3.05) is 14.2 Å². The van der Waals surface area contributed by atoms with Gasteiger partial charge in [-0.15, -0.1) is 0 Å². The molecule has 0 aliphatic rings. The van der Waals surface area contributed by atoms with Crippen LogP contribution in [0.4, 0.5) is 0 Å². The third-order valence-electron chi connectivity index (χ3n) is 2.54. The molecule has 0 saturated heterocycles. The SMILES string of the molecule is COc1ccc(C(Br)c2ccsc2)cc1OC. The maximum absolute atomic E-state index is 5.30. The lowest BCUT2D eigenvalue weighted by Crippen LogP contribution is -1.95. The highest BCUT2D eigenvalue weighted by Crippen LogP contribution is 2.36. The van der Waals surface area contributed by atoms with E-state index in [1.54, 1.807) is 25.6 Å². The highest BCUT2D eigenvalue weighted by Gasteiger charge is 2.13. The summed E-state index contributed by atoms with van der Waals surface area (Å²) in [6, 6.07) is 8.07. The monoisotopic (exact) mass is 312 g/mol. The molecule has 0 aliphatic heterocycles.